The molecule has 0 fully saturated rings. The van der Waals surface area contributed by atoms with Gasteiger partial charge in [0, 0.05) is 29.9 Å². The normalized spacial score (nSPS) is 10.3. The van der Waals surface area contributed by atoms with Gasteiger partial charge in [0.2, 0.25) is 5.91 Å². The minimum absolute atomic E-state index is 0.00845. The van der Waals surface area contributed by atoms with Crippen LogP contribution < -0.4 is 16.4 Å². The number of nitrogens with two attached hydrogens (primary N) is 1. The fourth-order valence-electron chi connectivity index (χ4n) is 2.02. The molecule has 2 rings (SSSR count). The second-order valence-corrected chi connectivity index (χ2v) is 5.20. The van der Waals surface area contributed by atoms with Gasteiger partial charge in [-0.3, -0.25) is 9.59 Å². The van der Waals surface area contributed by atoms with Crippen molar-refractivity contribution in [3.05, 3.63) is 59.2 Å². The monoisotopic (exact) mass is 333 g/mol. The van der Waals surface area contributed by atoms with E-state index in [9.17, 15) is 18.4 Å². The summed E-state index contributed by atoms with van der Waals surface area (Å²) in [5, 5.41) is 5.28. The zero-order chi connectivity index (χ0) is 17.7. The summed E-state index contributed by atoms with van der Waals surface area (Å²) in [6.07, 6.45) is 0.185. The molecule has 2 aromatic carbocycles. The van der Waals surface area contributed by atoms with Gasteiger partial charge < -0.3 is 16.4 Å². The Hall–Kier alpha value is -2.80. The second kappa shape index (κ2) is 7.65. The molecule has 0 aromatic heterocycles. The quantitative estimate of drug-likeness (QED) is 0.787. The molecule has 0 heterocycles. The number of hydrogen-bond donors (Lipinski definition) is 3. The van der Waals surface area contributed by atoms with Crippen LogP contribution in [0, 0.1) is 18.6 Å². The van der Waals surface area contributed by atoms with Crippen LogP contribution in [0.1, 0.15) is 22.3 Å². The molecule has 0 saturated carbocycles. The maximum absolute atomic E-state index is 13.2. The van der Waals surface area contributed by atoms with Gasteiger partial charge in [-0.05, 0) is 42.8 Å². The molecule has 7 heteroatoms. The predicted molar refractivity (Wildman–Crippen MR) is 87.8 cm³/mol. The number of benzene rings is 2. The highest BCUT2D eigenvalue weighted by molar-refractivity contribution is 6.05. The lowest BCUT2D eigenvalue weighted by atomic mass is 10.1. The van der Waals surface area contributed by atoms with Crippen molar-refractivity contribution < 1.29 is 18.4 Å². The summed E-state index contributed by atoms with van der Waals surface area (Å²) in [7, 11) is 0. The summed E-state index contributed by atoms with van der Waals surface area (Å²) in [5.41, 5.74) is 7.01. The van der Waals surface area contributed by atoms with Crippen LogP contribution in [0.15, 0.2) is 36.4 Å². The van der Waals surface area contributed by atoms with Gasteiger partial charge in [0.1, 0.15) is 0 Å². The molecule has 0 saturated heterocycles. The standard InChI is InChI=1S/C17H17F2N3O2/c1-10-2-4-12(21-16(23)6-7-20)9-15(10)22-17(24)11-3-5-13(18)14(19)8-11/h2-5,8-9H,6-7,20H2,1H3,(H,21,23)(H,22,24). The first-order chi connectivity index (χ1) is 11.4. The Morgan fingerprint density at radius 3 is 2.46 bits per heavy atom. The molecule has 0 aliphatic heterocycles. The zero-order valence-electron chi connectivity index (χ0n) is 13.0. The molecule has 24 heavy (non-hydrogen) atoms. The van der Waals surface area contributed by atoms with E-state index in [1.54, 1.807) is 25.1 Å². The third-order valence-electron chi connectivity index (χ3n) is 3.32. The van der Waals surface area contributed by atoms with E-state index in [0.717, 1.165) is 17.7 Å². The lowest BCUT2D eigenvalue weighted by Gasteiger charge is -2.12. The van der Waals surface area contributed by atoms with Crippen LogP contribution in [0.25, 0.3) is 0 Å². The average molecular weight is 333 g/mol. The Morgan fingerprint density at radius 2 is 1.79 bits per heavy atom. The lowest BCUT2D eigenvalue weighted by Crippen LogP contribution is -2.17. The van der Waals surface area contributed by atoms with Gasteiger partial charge in [-0.2, -0.15) is 0 Å². The summed E-state index contributed by atoms with van der Waals surface area (Å²) >= 11 is 0. The molecule has 2 amide bonds. The number of aryl methyl sites for hydroxylation is 1. The van der Waals surface area contributed by atoms with E-state index >= 15 is 0 Å². The Balaban J connectivity index is 2.17. The average Bonchev–Trinajstić information content (AvgIpc) is 2.53. The maximum atomic E-state index is 13.2. The molecule has 0 radical (unpaired) electrons. The highest BCUT2D eigenvalue weighted by atomic mass is 19.2. The molecular weight excluding hydrogens is 316 g/mol. The van der Waals surface area contributed by atoms with Gasteiger partial charge in [-0.25, -0.2) is 8.78 Å². The Labute approximate surface area is 137 Å². The molecule has 0 aliphatic carbocycles. The molecule has 0 bridgehead atoms. The smallest absolute Gasteiger partial charge is 0.255 e. The van der Waals surface area contributed by atoms with E-state index in [0.29, 0.717) is 11.4 Å². The van der Waals surface area contributed by atoms with Crippen molar-refractivity contribution in [1.29, 1.82) is 0 Å². The van der Waals surface area contributed by atoms with E-state index in [4.69, 9.17) is 5.73 Å². The Kier molecular flexibility index (Phi) is 5.59. The van der Waals surface area contributed by atoms with Crippen LogP contribution in [-0.2, 0) is 4.79 Å². The fourth-order valence-corrected chi connectivity index (χ4v) is 2.02. The van der Waals surface area contributed by atoms with Crippen molar-refractivity contribution in [3.8, 4) is 0 Å². The van der Waals surface area contributed by atoms with E-state index in [1.807, 2.05) is 0 Å². The van der Waals surface area contributed by atoms with Gasteiger partial charge in [-0.15, -0.1) is 0 Å². The third-order valence-corrected chi connectivity index (χ3v) is 3.32. The number of carbonyl (C=O) groups is 2. The number of anilines is 2. The number of halogens is 2. The van der Waals surface area contributed by atoms with Gasteiger partial charge >= 0.3 is 0 Å². The number of hydrogen-bond acceptors (Lipinski definition) is 3. The highest BCUT2D eigenvalue weighted by Crippen LogP contribution is 2.21. The summed E-state index contributed by atoms with van der Waals surface area (Å²) in [6.45, 7) is 2.00. The highest BCUT2D eigenvalue weighted by Gasteiger charge is 2.12. The van der Waals surface area contributed by atoms with E-state index in [-0.39, 0.29) is 24.4 Å². The van der Waals surface area contributed by atoms with Gasteiger partial charge in [0.15, 0.2) is 11.6 Å². The van der Waals surface area contributed by atoms with Crippen molar-refractivity contribution >= 4 is 23.2 Å². The number of nitrogens with one attached hydrogen (secondary N) is 2. The summed E-state index contributed by atoms with van der Waals surface area (Å²) in [5.74, 6) is -2.93. The first kappa shape index (κ1) is 17.6. The molecule has 0 aliphatic rings. The third kappa shape index (κ3) is 4.36. The molecule has 2 aromatic rings. The SMILES string of the molecule is Cc1ccc(NC(=O)CCN)cc1NC(=O)c1ccc(F)c(F)c1. The van der Waals surface area contributed by atoms with Crippen molar-refractivity contribution in [2.75, 3.05) is 17.2 Å². The van der Waals surface area contributed by atoms with Crippen LogP contribution in [0.5, 0.6) is 0 Å². The van der Waals surface area contributed by atoms with Crippen LogP contribution in [0.2, 0.25) is 0 Å². The Morgan fingerprint density at radius 1 is 1.04 bits per heavy atom. The number of carbonyl (C=O) groups excluding carboxylic acids is 2. The number of rotatable bonds is 5. The molecule has 5 nitrogen and oxygen atoms in total. The molecule has 126 valence electrons. The summed E-state index contributed by atoms with van der Waals surface area (Å²) < 4.78 is 26.2. The van der Waals surface area contributed by atoms with Gasteiger partial charge in [0.05, 0.1) is 0 Å². The first-order valence-corrected chi connectivity index (χ1v) is 7.27. The molecule has 0 unspecified atom stereocenters. The van der Waals surface area contributed by atoms with E-state index in [1.165, 1.54) is 6.07 Å². The van der Waals surface area contributed by atoms with Gasteiger partial charge in [-0.1, -0.05) is 6.07 Å². The molecular formula is C17H17F2N3O2. The summed E-state index contributed by atoms with van der Waals surface area (Å²) in [6, 6.07) is 7.90. The van der Waals surface area contributed by atoms with Crippen LogP contribution >= 0.6 is 0 Å². The summed E-state index contributed by atoms with van der Waals surface area (Å²) in [4.78, 5) is 23.7. The fraction of sp³-hybridized carbons (Fsp3) is 0.176. The van der Waals surface area contributed by atoms with E-state index in [2.05, 4.69) is 10.6 Å². The van der Waals surface area contributed by atoms with Crippen molar-refractivity contribution in [2.24, 2.45) is 5.73 Å². The minimum atomic E-state index is -1.10. The van der Waals surface area contributed by atoms with Crippen LogP contribution in [-0.4, -0.2) is 18.4 Å². The maximum Gasteiger partial charge on any atom is 0.255 e. The molecule has 4 N–H and O–H groups in total. The van der Waals surface area contributed by atoms with Gasteiger partial charge in [0.25, 0.3) is 5.91 Å². The van der Waals surface area contributed by atoms with E-state index < -0.39 is 17.5 Å². The van der Waals surface area contributed by atoms with Crippen LogP contribution in [0.4, 0.5) is 20.2 Å². The zero-order valence-corrected chi connectivity index (χ0v) is 13.0. The second-order valence-electron chi connectivity index (χ2n) is 5.20. The van der Waals surface area contributed by atoms with Crippen molar-refractivity contribution in [1.82, 2.24) is 0 Å². The lowest BCUT2D eigenvalue weighted by molar-refractivity contribution is -0.116. The van der Waals surface area contributed by atoms with Crippen molar-refractivity contribution in [3.63, 3.8) is 0 Å². The number of amides is 2. The Bertz CT molecular complexity index is 778. The largest absolute Gasteiger partial charge is 0.330 e. The predicted octanol–water partition coefficient (Wildman–Crippen LogP) is 2.81. The molecule has 0 atom stereocenters. The first-order valence-electron chi connectivity index (χ1n) is 7.27. The van der Waals surface area contributed by atoms with Crippen LogP contribution in [0.3, 0.4) is 0 Å². The minimum Gasteiger partial charge on any atom is -0.330 e. The molecule has 0 spiro atoms. The van der Waals surface area contributed by atoms with Crippen molar-refractivity contribution in [2.45, 2.75) is 13.3 Å². The topological polar surface area (TPSA) is 84.2 Å².